The fraction of sp³-hybridized carbons (Fsp3) is 0.263. The summed E-state index contributed by atoms with van der Waals surface area (Å²) in [5, 5.41) is 2.63. The topological polar surface area (TPSA) is 83.1 Å². The molecule has 0 atom stereocenters. The van der Waals surface area contributed by atoms with Crippen molar-refractivity contribution in [3.63, 3.8) is 0 Å². The summed E-state index contributed by atoms with van der Waals surface area (Å²) in [5.41, 5.74) is 1.76. The summed E-state index contributed by atoms with van der Waals surface area (Å²) in [4.78, 5) is 24.0. The van der Waals surface area contributed by atoms with Crippen LogP contribution in [-0.4, -0.2) is 39.8 Å². The maximum absolute atomic E-state index is 12.0. The summed E-state index contributed by atoms with van der Waals surface area (Å²) in [7, 11) is 4.62. The van der Waals surface area contributed by atoms with E-state index in [9.17, 15) is 9.59 Å². The largest absolute Gasteiger partial charge is 0.497 e. The van der Waals surface area contributed by atoms with Gasteiger partial charge in [-0.1, -0.05) is 12.1 Å². The maximum atomic E-state index is 12.0. The SMILES string of the molecule is COCc1ccc(C(=O)OCC(=O)Nc2ccc(OC)cc2OC)cc1. The lowest BCUT2D eigenvalue weighted by Crippen LogP contribution is -2.21. The molecule has 7 heteroatoms. The van der Waals surface area contributed by atoms with Crippen LogP contribution in [-0.2, 0) is 20.9 Å². The summed E-state index contributed by atoms with van der Waals surface area (Å²) >= 11 is 0. The van der Waals surface area contributed by atoms with Gasteiger partial charge in [0.05, 0.1) is 32.1 Å². The van der Waals surface area contributed by atoms with Crippen LogP contribution in [0.15, 0.2) is 42.5 Å². The van der Waals surface area contributed by atoms with Crippen molar-refractivity contribution in [1.82, 2.24) is 0 Å². The van der Waals surface area contributed by atoms with Crippen LogP contribution in [0.1, 0.15) is 15.9 Å². The first kappa shape index (κ1) is 19.3. The zero-order valence-electron chi connectivity index (χ0n) is 14.9. The molecular formula is C19H21NO6. The Hall–Kier alpha value is -3.06. The van der Waals surface area contributed by atoms with E-state index in [0.717, 1.165) is 5.56 Å². The van der Waals surface area contributed by atoms with Gasteiger partial charge in [-0.15, -0.1) is 0 Å². The second-order valence-electron chi connectivity index (χ2n) is 5.32. The van der Waals surface area contributed by atoms with Crippen LogP contribution in [0.2, 0.25) is 0 Å². The summed E-state index contributed by atoms with van der Waals surface area (Å²) in [5.74, 6) is -0.00964. The Bertz CT molecular complexity index is 757. The van der Waals surface area contributed by atoms with Gasteiger partial charge in [0, 0.05) is 13.2 Å². The van der Waals surface area contributed by atoms with E-state index in [2.05, 4.69) is 5.32 Å². The Morgan fingerprint density at radius 3 is 2.31 bits per heavy atom. The number of benzene rings is 2. The number of nitrogens with one attached hydrogen (secondary N) is 1. The van der Waals surface area contributed by atoms with Crippen molar-refractivity contribution in [2.24, 2.45) is 0 Å². The van der Waals surface area contributed by atoms with Gasteiger partial charge in [0.15, 0.2) is 6.61 Å². The van der Waals surface area contributed by atoms with Gasteiger partial charge in [-0.25, -0.2) is 4.79 Å². The Labute approximate surface area is 151 Å². The molecular weight excluding hydrogens is 338 g/mol. The fourth-order valence-corrected chi connectivity index (χ4v) is 2.21. The first-order chi connectivity index (χ1) is 12.6. The molecule has 2 rings (SSSR count). The van der Waals surface area contributed by atoms with Crippen molar-refractivity contribution in [2.45, 2.75) is 6.61 Å². The highest BCUT2D eigenvalue weighted by molar-refractivity contribution is 5.96. The van der Waals surface area contributed by atoms with Crippen LogP contribution < -0.4 is 14.8 Å². The van der Waals surface area contributed by atoms with Gasteiger partial charge in [-0.2, -0.15) is 0 Å². The third kappa shape index (κ3) is 5.22. The molecule has 0 saturated heterocycles. The lowest BCUT2D eigenvalue weighted by atomic mass is 10.1. The number of esters is 1. The van der Waals surface area contributed by atoms with Crippen molar-refractivity contribution >= 4 is 17.6 Å². The van der Waals surface area contributed by atoms with Crippen LogP contribution in [0.25, 0.3) is 0 Å². The van der Waals surface area contributed by atoms with Crippen LogP contribution in [0.3, 0.4) is 0 Å². The average Bonchev–Trinajstić information content (AvgIpc) is 2.67. The van der Waals surface area contributed by atoms with E-state index in [1.54, 1.807) is 49.6 Å². The average molecular weight is 359 g/mol. The normalized spacial score (nSPS) is 10.1. The Kier molecular flexibility index (Phi) is 6.99. The highest BCUT2D eigenvalue weighted by Gasteiger charge is 2.13. The van der Waals surface area contributed by atoms with Crippen LogP contribution in [0.4, 0.5) is 5.69 Å². The van der Waals surface area contributed by atoms with Gasteiger partial charge >= 0.3 is 5.97 Å². The minimum Gasteiger partial charge on any atom is -0.497 e. The van der Waals surface area contributed by atoms with E-state index in [1.807, 2.05) is 0 Å². The van der Waals surface area contributed by atoms with Crippen molar-refractivity contribution in [3.8, 4) is 11.5 Å². The molecule has 0 aliphatic heterocycles. The summed E-state index contributed by atoms with van der Waals surface area (Å²) < 4.78 is 20.3. The molecule has 138 valence electrons. The zero-order valence-corrected chi connectivity index (χ0v) is 14.9. The second-order valence-corrected chi connectivity index (χ2v) is 5.32. The predicted molar refractivity (Wildman–Crippen MR) is 95.6 cm³/mol. The summed E-state index contributed by atoms with van der Waals surface area (Å²) in [6.45, 7) is 0.0509. The number of ether oxygens (including phenoxy) is 4. The predicted octanol–water partition coefficient (Wildman–Crippen LogP) is 2.65. The van der Waals surface area contributed by atoms with E-state index in [1.165, 1.54) is 14.2 Å². The Morgan fingerprint density at radius 2 is 1.69 bits per heavy atom. The molecule has 2 aromatic rings. The smallest absolute Gasteiger partial charge is 0.338 e. The summed E-state index contributed by atoms with van der Waals surface area (Å²) in [6, 6.07) is 11.8. The quantitative estimate of drug-likeness (QED) is 0.730. The molecule has 26 heavy (non-hydrogen) atoms. The van der Waals surface area contributed by atoms with E-state index >= 15 is 0 Å². The lowest BCUT2D eigenvalue weighted by Gasteiger charge is -2.12. The molecule has 0 fully saturated rings. The van der Waals surface area contributed by atoms with E-state index in [-0.39, 0.29) is 0 Å². The number of carbonyl (C=O) groups is 2. The van der Waals surface area contributed by atoms with E-state index in [4.69, 9.17) is 18.9 Å². The number of rotatable bonds is 8. The zero-order chi connectivity index (χ0) is 18.9. The van der Waals surface area contributed by atoms with Gasteiger partial charge in [0.1, 0.15) is 11.5 Å². The van der Waals surface area contributed by atoms with E-state index < -0.39 is 18.5 Å². The molecule has 0 saturated carbocycles. The molecule has 2 aromatic carbocycles. The third-order valence-corrected chi connectivity index (χ3v) is 3.52. The molecule has 0 unspecified atom stereocenters. The van der Waals surface area contributed by atoms with Gasteiger partial charge in [-0.05, 0) is 29.8 Å². The number of hydrogen-bond donors (Lipinski definition) is 1. The van der Waals surface area contributed by atoms with Crippen molar-refractivity contribution in [1.29, 1.82) is 0 Å². The number of methoxy groups -OCH3 is 3. The standard InChI is InChI=1S/C19H21NO6/c1-23-11-13-4-6-14(7-5-13)19(22)26-12-18(21)20-16-9-8-15(24-2)10-17(16)25-3/h4-10H,11-12H2,1-3H3,(H,20,21). The van der Waals surface area contributed by atoms with Gasteiger partial charge in [0.25, 0.3) is 5.91 Å². The van der Waals surface area contributed by atoms with Crippen molar-refractivity contribution in [2.75, 3.05) is 33.3 Å². The first-order valence-corrected chi connectivity index (χ1v) is 7.84. The van der Waals surface area contributed by atoms with Crippen molar-refractivity contribution < 1.29 is 28.5 Å². The van der Waals surface area contributed by atoms with E-state index in [0.29, 0.717) is 29.4 Å². The molecule has 0 radical (unpaired) electrons. The molecule has 0 aliphatic rings. The lowest BCUT2D eigenvalue weighted by molar-refractivity contribution is -0.119. The molecule has 7 nitrogen and oxygen atoms in total. The molecule has 1 N–H and O–H groups in total. The molecule has 0 heterocycles. The summed E-state index contributed by atoms with van der Waals surface area (Å²) in [6.07, 6.45) is 0. The monoisotopic (exact) mass is 359 g/mol. The highest BCUT2D eigenvalue weighted by atomic mass is 16.5. The number of amides is 1. The van der Waals surface area contributed by atoms with Crippen molar-refractivity contribution in [3.05, 3.63) is 53.6 Å². The molecule has 0 spiro atoms. The third-order valence-electron chi connectivity index (χ3n) is 3.52. The fourth-order valence-electron chi connectivity index (χ4n) is 2.21. The van der Waals surface area contributed by atoms with Crippen LogP contribution >= 0.6 is 0 Å². The first-order valence-electron chi connectivity index (χ1n) is 7.84. The highest BCUT2D eigenvalue weighted by Crippen LogP contribution is 2.28. The molecule has 1 amide bonds. The molecule has 0 aromatic heterocycles. The number of anilines is 1. The molecule has 0 bridgehead atoms. The van der Waals surface area contributed by atoms with Gasteiger partial charge in [-0.3, -0.25) is 4.79 Å². The van der Waals surface area contributed by atoms with Gasteiger partial charge < -0.3 is 24.3 Å². The van der Waals surface area contributed by atoms with Crippen LogP contribution in [0, 0.1) is 0 Å². The Morgan fingerprint density at radius 1 is 0.962 bits per heavy atom. The van der Waals surface area contributed by atoms with Crippen LogP contribution in [0.5, 0.6) is 11.5 Å². The maximum Gasteiger partial charge on any atom is 0.338 e. The minimum absolute atomic E-state index is 0.361. The molecule has 0 aliphatic carbocycles. The number of hydrogen-bond acceptors (Lipinski definition) is 6. The second kappa shape index (κ2) is 9.43. The number of carbonyl (C=O) groups excluding carboxylic acids is 2. The Balaban J connectivity index is 1.91. The minimum atomic E-state index is -0.578. The van der Waals surface area contributed by atoms with Gasteiger partial charge in [0.2, 0.25) is 0 Å².